The lowest BCUT2D eigenvalue weighted by Crippen LogP contribution is -2.40. The second kappa shape index (κ2) is 6.24. The summed E-state index contributed by atoms with van der Waals surface area (Å²) in [6, 6.07) is 8.07. The number of nitrogens with zero attached hydrogens (tertiary/aromatic N) is 4. The predicted octanol–water partition coefficient (Wildman–Crippen LogP) is 2.11. The van der Waals surface area contributed by atoms with Crippen molar-refractivity contribution in [3.05, 3.63) is 46.8 Å². The fourth-order valence-electron chi connectivity index (χ4n) is 2.78. The average Bonchev–Trinajstić information content (AvgIpc) is 2.52. The van der Waals surface area contributed by atoms with Crippen LogP contribution in [0.25, 0.3) is 0 Å². The number of benzene rings is 1. The molecule has 0 spiro atoms. The van der Waals surface area contributed by atoms with E-state index in [1.807, 2.05) is 26.0 Å². The highest BCUT2D eigenvalue weighted by atomic mass is 16.5. The van der Waals surface area contributed by atoms with Crippen molar-refractivity contribution in [2.45, 2.75) is 26.8 Å². The third-order valence-electron chi connectivity index (χ3n) is 3.93. The second-order valence-corrected chi connectivity index (χ2v) is 5.73. The molecule has 1 aliphatic heterocycles. The third-order valence-corrected chi connectivity index (χ3v) is 3.93. The van der Waals surface area contributed by atoms with Gasteiger partial charge in [-0.15, -0.1) is 0 Å². The van der Waals surface area contributed by atoms with Gasteiger partial charge in [-0.05, 0) is 49.6 Å². The molecule has 3 rings (SSSR count). The maximum atomic E-state index is 6.17. The summed E-state index contributed by atoms with van der Waals surface area (Å²) in [7, 11) is 1.69. The van der Waals surface area contributed by atoms with Crippen LogP contribution in [0.2, 0.25) is 0 Å². The summed E-state index contributed by atoms with van der Waals surface area (Å²) >= 11 is 0. The first-order chi connectivity index (χ1) is 11.0. The van der Waals surface area contributed by atoms with E-state index in [-0.39, 0.29) is 0 Å². The van der Waals surface area contributed by atoms with Crippen molar-refractivity contribution in [3.8, 4) is 5.75 Å². The molecule has 0 atom stereocenters. The zero-order chi connectivity index (χ0) is 16.4. The number of aryl methyl sites for hydroxylation is 2. The fraction of sp³-hybridized carbons (Fsp3) is 0.353. The summed E-state index contributed by atoms with van der Waals surface area (Å²) < 4.78 is 5.28. The van der Waals surface area contributed by atoms with Crippen molar-refractivity contribution < 1.29 is 4.74 Å². The lowest BCUT2D eigenvalue weighted by atomic mass is 10.00. The predicted molar refractivity (Wildman–Crippen MR) is 89.9 cm³/mol. The van der Waals surface area contributed by atoms with Crippen LogP contribution >= 0.6 is 0 Å². The molecule has 1 aromatic heterocycles. The molecule has 0 aliphatic carbocycles. The van der Waals surface area contributed by atoms with Gasteiger partial charge in [-0.2, -0.15) is 4.99 Å². The summed E-state index contributed by atoms with van der Waals surface area (Å²) in [5, 5.41) is 0. The number of guanidine groups is 1. The number of aromatic nitrogens is 2. The minimum atomic E-state index is 0.417. The number of hydrogen-bond donors (Lipinski definition) is 1. The van der Waals surface area contributed by atoms with Crippen molar-refractivity contribution in [2.75, 3.05) is 13.7 Å². The van der Waals surface area contributed by atoms with E-state index < -0.39 is 0 Å². The Hall–Kier alpha value is -2.63. The Bertz CT molecular complexity index is 736. The molecule has 0 unspecified atom stereocenters. The van der Waals surface area contributed by atoms with Crippen LogP contribution in [-0.4, -0.2) is 34.5 Å². The van der Waals surface area contributed by atoms with E-state index in [9.17, 15) is 0 Å². The zero-order valence-electron chi connectivity index (χ0n) is 13.7. The van der Waals surface area contributed by atoms with Gasteiger partial charge < -0.3 is 15.4 Å². The van der Waals surface area contributed by atoms with E-state index in [1.165, 1.54) is 11.1 Å². The Balaban J connectivity index is 1.80. The Morgan fingerprint density at radius 3 is 2.61 bits per heavy atom. The van der Waals surface area contributed by atoms with Crippen LogP contribution in [0.1, 0.15) is 22.5 Å². The molecule has 0 bridgehead atoms. The van der Waals surface area contributed by atoms with Crippen LogP contribution in [0.3, 0.4) is 0 Å². The van der Waals surface area contributed by atoms with E-state index in [1.54, 1.807) is 7.11 Å². The molecule has 1 aliphatic rings. The fourth-order valence-corrected chi connectivity index (χ4v) is 2.78. The smallest absolute Gasteiger partial charge is 0.253 e. The first kappa shape index (κ1) is 15.3. The molecule has 2 heterocycles. The van der Waals surface area contributed by atoms with E-state index in [0.717, 1.165) is 36.6 Å². The number of aliphatic imine (C=N–C) groups is 1. The van der Waals surface area contributed by atoms with Gasteiger partial charge in [0.05, 0.1) is 7.11 Å². The molecule has 2 aromatic rings. The molecule has 0 saturated heterocycles. The summed E-state index contributed by atoms with van der Waals surface area (Å²) in [6.45, 7) is 5.41. The molecule has 0 saturated carbocycles. The molecule has 0 radical (unpaired) electrons. The van der Waals surface area contributed by atoms with Gasteiger partial charge >= 0.3 is 0 Å². The van der Waals surface area contributed by atoms with Crippen LogP contribution in [0.5, 0.6) is 5.75 Å². The van der Waals surface area contributed by atoms with Crippen molar-refractivity contribution in [1.29, 1.82) is 0 Å². The lowest BCUT2D eigenvalue weighted by molar-refractivity contribution is 0.384. The summed E-state index contributed by atoms with van der Waals surface area (Å²) in [5.74, 6) is 1.76. The van der Waals surface area contributed by atoms with Crippen molar-refractivity contribution in [2.24, 2.45) is 10.7 Å². The Morgan fingerprint density at radius 1 is 1.17 bits per heavy atom. The van der Waals surface area contributed by atoms with Gasteiger partial charge in [0.15, 0.2) is 5.96 Å². The molecular formula is C17H21N5O. The monoisotopic (exact) mass is 311 g/mol. The standard InChI is InChI=1S/C17H21N5O/c1-11-8-12(2)20-17(19-11)21-16(18)22-7-6-13-9-15(23-3)5-4-14(13)10-22/h4-5,8-9H,6-7,10H2,1-3H3,(H2,18,19,20,21). The molecular weight excluding hydrogens is 290 g/mol. The van der Waals surface area contributed by atoms with Gasteiger partial charge in [-0.25, -0.2) is 9.97 Å². The van der Waals surface area contributed by atoms with E-state index in [2.05, 4.69) is 32.0 Å². The first-order valence-electron chi connectivity index (χ1n) is 7.62. The number of fused-ring (bicyclic) bond motifs is 1. The number of hydrogen-bond acceptors (Lipinski definition) is 4. The molecule has 2 N–H and O–H groups in total. The van der Waals surface area contributed by atoms with Gasteiger partial charge in [-0.1, -0.05) is 6.07 Å². The van der Waals surface area contributed by atoms with E-state index >= 15 is 0 Å². The van der Waals surface area contributed by atoms with Crippen LogP contribution in [-0.2, 0) is 13.0 Å². The number of methoxy groups -OCH3 is 1. The third kappa shape index (κ3) is 3.41. The molecule has 120 valence electrons. The number of rotatable bonds is 2. The van der Waals surface area contributed by atoms with Crippen molar-refractivity contribution in [3.63, 3.8) is 0 Å². The highest BCUT2D eigenvalue weighted by Crippen LogP contribution is 2.23. The van der Waals surface area contributed by atoms with Gasteiger partial charge in [0.25, 0.3) is 5.95 Å². The zero-order valence-corrected chi connectivity index (χ0v) is 13.7. The summed E-state index contributed by atoms with van der Waals surface area (Å²) in [4.78, 5) is 15.1. The van der Waals surface area contributed by atoms with Gasteiger partial charge in [-0.3, -0.25) is 0 Å². The molecule has 1 aromatic carbocycles. The van der Waals surface area contributed by atoms with E-state index in [4.69, 9.17) is 10.5 Å². The molecule has 0 fully saturated rings. The summed E-state index contributed by atoms with van der Waals surface area (Å²) in [5.41, 5.74) is 10.5. The SMILES string of the molecule is COc1ccc2c(c1)CCN(/C(N)=N\c1nc(C)cc(C)n1)C2. The highest BCUT2D eigenvalue weighted by molar-refractivity contribution is 5.80. The van der Waals surface area contributed by atoms with Gasteiger partial charge in [0, 0.05) is 24.5 Å². The summed E-state index contributed by atoms with van der Waals surface area (Å²) in [6.07, 6.45) is 0.913. The molecule has 6 heteroatoms. The average molecular weight is 311 g/mol. The Labute approximate surface area is 136 Å². The topological polar surface area (TPSA) is 76.6 Å². The van der Waals surface area contributed by atoms with Crippen molar-refractivity contribution >= 4 is 11.9 Å². The van der Waals surface area contributed by atoms with Gasteiger partial charge in [0.2, 0.25) is 0 Å². The molecule has 23 heavy (non-hydrogen) atoms. The van der Waals surface area contributed by atoms with Crippen molar-refractivity contribution in [1.82, 2.24) is 14.9 Å². The first-order valence-corrected chi connectivity index (χ1v) is 7.62. The number of ether oxygens (including phenoxy) is 1. The van der Waals surface area contributed by atoms with Crippen LogP contribution in [0.15, 0.2) is 29.3 Å². The Kier molecular flexibility index (Phi) is 4.14. The second-order valence-electron chi connectivity index (χ2n) is 5.73. The normalized spacial score (nSPS) is 14.6. The van der Waals surface area contributed by atoms with Crippen LogP contribution in [0, 0.1) is 13.8 Å². The van der Waals surface area contributed by atoms with E-state index in [0.29, 0.717) is 11.9 Å². The van der Waals surface area contributed by atoms with Crippen LogP contribution in [0.4, 0.5) is 5.95 Å². The minimum absolute atomic E-state index is 0.417. The quantitative estimate of drug-likeness (QED) is 0.679. The maximum Gasteiger partial charge on any atom is 0.253 e. The van der Waals surface area contributed by atoms with Crippen LogP contribution < -0.4 is 10.5 Å². The number of nitrogens with two attached hydrogens (primary N) is 1. The largest absolute Gasteiger partial charge is 0.497 e. The Morgan fingerprint density at radius 2 is 1.91 bits per heavy atom. The maximum absolute atomic E-state index is 6.17. The molecule has 0 amide bonds. The highest BCUT2D eigenvalue weighted by Gasteiger charge is 2.18. The van der Waals surface area contributed by atoms with Gasteiger partial charge in [0.1, 0.15) is 5.75 Å². The lowest BCUT2D eigenvalue weighted by Gasteiger charge is -2.29. The minimum Gasteiger partial charge on any atom is -0.497 e. The molecule has 6 nitrogen and oxygen atoms in total.